The van der Waals surface area contributed by atoms with Crippen molar-refractivity contribution in [3.63, 3.8) is 0 Å². The van der Waals surface area contributed by atoms with Crippen molar-refractivity contribution in [2.45, 2.75) is 25.4 Å². The first-order valence-corrected chi connectivity index (χ1v) is 11.0. The topological polar surface area (TPSA) is 75.5 Å². The highest BCUT2D eigenvalue weighted by Gasteiger charge is 2.28. The van der Waals surface area contributed by atoms with Gasteiger partial charge in [-0.2, -0.15) is 5.10 Å². The Bertz CT molecular complexity index is 954. The first-order valence-electron chi connectivity index (χ1n) is 8.75. The number of rotatable bonds is 5. The van der Waals surface area contributed by atoms with Gasteiger partial charge >= 0.3 is 0 Å². The summed E-state index contributed by atoms with van der Waals surface area (Å²) in [4.78, 5) is 14.6. The number of hydrogen-bond donors (Lipinski definition) is 0. The second-order valence-electron chi connectivity index (χ2n) is 6.80. The second-order valence-corrected chi connectivity index (χ2v) is 9.16. The van der Waals surface area contributed by atoms with Gasteiger partial charge in [0.05, 0.1) is 24.7 Å². The molecule has 0 spiro atoms. The fourth-order valence-electron chi connectivity index (χ4n) is 3.33. The quantitative estimate of drug-likeness (QED) is 0.751. The van der Waals surface area contributed by atoms with Gasteiger partial charge in [-0.3, -0.25) is 4.79 Å². The van der Waals surface area contributed by atoms with Crippen molar-refractivity contribution in [3.05, 3.63) is 57.5 Å². The summed E-state index contributed by atoms with van der Waals surface area (Å²) in [6.45, 7) is 1.28. The zero-order valence-electron chi connectivity index (χ0n) is 15.4. The van der Waals surface area contributed by atoms with Gasteiger partial charge in [-0.05, 0) is 18.4 Å². The fraction of sp³-hybridized carbons (Fsp3) is 0.444. The van der Waals surface area contributed by atoms with Crippen LogP contribution in [0.1, 0.15) is 18.4 Å². The summed E-state index contributed by atoms with van der Waals surface area (Å²) in [5, 5.41) is 4.41. The minimum absolute atomic E-state index is 0.103. The number of piperidine rings is 1. The fourth-order valence-corrected chi connectivity index (χ4v) is 4.48. The Kier molecular flexibility index (Phi) is 5.88. The van der Waals surface area contributed by atoms with Crippen LogP contribution in [0.15, 0.2) is 41.3 Å². The monoisotopic (exact) mass is 410 g/mol. The molecule has 0 N–H and O–H groups in total. The SMILES string of the molecule is CN(c1cnn(Cc2ccccc2)c(=O)c1Cl)C1CCN(S(C)(=O)=O)CC1. The molecule has 1 aromatic carbocycles. The summed E-state index contributed by atoms with van der Waals surface area (Å²) in [5.74, 6) is 0. The third-order valence-corrected chi connectivity index (χ3v) is 6.62. The van der Waals surface area contributed by atoms with E-state index in [1.54, 1.807) is 6.20 Å². The van der Waals surface area contributed by atoms with E-state index in [4.69, 9.17) is 11.6 Å². The Balaban J connectivity index is 1.75. The Morgan fingerprint density at radius 2 is 1.85 bits per heavy atom. The van der Waals surface area contributed by atoms with Crippen LogP contribution < -0.4 is 10.5 Å². The van der Waals surface area contributed by atoms with E-state index in [-0.39, 0.29) is 16.6 Å². The van der Waals surface area contributed by atoms with Crippen LogP contribution in [0.4, 0.5) is 5.69 Å². The Labute approximate surface area is 164 Å². The number of benzene rings is 1. The molecule has 1 aromatic heterocycles. The lowest BCUT2D eigenvalue weighted by Crippen LogP contribution is -2.45. The van der Waals surface area contributed by atoms with Crippen molar-refractivity contribution in [1.82, 2.24) is 14.1 Å². The van der Waals surface area contributed by atoms with Crippen molar-refractivity contribution < 1.29 is 8.42 Å². The zero-order chi connectivity index (χ0) is 19.6. The van der Waals surface area contributed by atoms with Gasteiger partial charge < -0.3 is 4.90 Å². The molecule has 1 fully saturated rings. The highest BCUT2D eigenvalue weighted by Crippen LogP contribution is 2.26. The number of sulfonamides is 1. The number of hydrogen-bond acceptors (Lipinski definition) is 5. The molecular weight excluding hydrogens is 388 g/mol. The highest BCUT2D eigenvalue weighted by molar-refractivity contribution is 7.88. The molecule has 0 atom stereocenters. The highest BCUT2D eigenvalue weighted by atomic mass is 35.5. The average molecular weight is 411 g/mol. The molecule has 146 valence electrons. The summed E-state index contributed by atoms with van der Waals surface area (Å²) >= 11 is 6.36. The van der Waals surface area contributed by atoms with E-state index in [1.165, 1.54) is 15.2 Å². The van der Waals surface area contributed by atoms with E-state index < -0.39 is 10.0 Å². The van der Waals surface area contributed by atoms with Crippen LogP contribution in [0.3, 0.4) is 0 Å². The maximum Gasteiger partial charge on any atom is 0.287 e. The summed E-state index contributed by atoms with van der Waals surface area (Å²) in [7, 11) is -1.30. The maximum absolute atomic E-state index is 12.6. The molecule has 3 rings (SSSR count). The Morgan fingerprint density at radius 3 is 2.44 bits per heavy atom. The van der Waals surface area contributed by atoms with Gasteiger partial charge in [0.1, 0.15) is 5.02 Å². The molecule has 9 heteroatoms. The van der Waals surface area contributed by atoms with Crippen molar-refractivity contribution in [1.29, 1.82) is 0 Å². The standard InChI is InChI=1S/C18H23ClN4O3S/c1-21(15-8-10-22(11-9-15)27(2,25)26)16-12-20-23(18(24)17(16)19)13-14-6-4-3-5-7-14/h3-7,12,15H,8-11,13H2,1-2H3. The number of halogens is 1. The summed E-state index contributed by atoms with van der Waals surface area (Å²) in [6, 6.07) is 9.70. The molecule has 0 unspecified atom stereocenters. The maximum atomic E-state index is 12.6. The molecule has 7 nitrogen and oxygen atoms in total. The van der Waals surface area contributed by atoms with Crippen LogP contribution in [0.5, 0.6) is 0 Å². The van der Waals surface area contributed by atoms with Gasteiger partial charge in [0.25, 0.3) is 5.56 Å². The first-order chi connectivity index (χ1) is 12.8. The van der Waals surface area contributed by atoms with Crippen molar-refractivity contribution in [2.24, 2.45) is 0 Å². The molecule has 27 heavy (non-hydrogen) atoms. The zero-order valence-corrected chi connectivity index (χ0v) is 16.9. The Hall–Kier alpha value is -1.90. The molecular formula is C18H23ClN4O3S. The van der Waals surface area contributed by atoms with E-state index in [9.17, 15) is 13.2 Å². The smallest absolute Gasteiger partial charge is 0.287 e. The van der Waals surface area contributed by atoms with Gasteiger partial charge in [-0.25, -0.2) is 17.4 Å². The summed E-state index contributed by atoms with van der Waals surface area (Å²) < 4.78 is 26.1. The van der Waals surface area contributed by atoms with Crippen molar-refractivity contribution in [3.8, 4) is 0 Å². The molecule has 1 aliphatic heterocycles. The summed E-state index contributed by atoms with van der Waals surface area (Å²) in [5.41, 5.74) is 1.21. The average Bonchev–Trinajstić information content (AvgIpc) is 2.65. The van der Waals surface area contributed by atoms with Crippen LogP contribution >= 0.6 is 11.6 Å². The van der Waals surface area contributed by atoms with Gasteiger partial charge in [-0.15, -0.1) is 0 Å². The Morgan fingerprint density at radius 1 is 1.22 bits per heavy atom. The van der Waals surface area contributed by atoms with Gasteiger partial charge in [-0.1, -0.05) is 41.9 Å². The van der Waals surface area contributed by atoms with E-state index in [1.807, 2.05) is 42.3 Å². The number of aromatic nitrogens is 2. The van der Waals surface area contributed by atoms with Crippen LogP contribution in [0, 0.1) is 0 Å². The normalized spacial score (nSPS) is 16.4. The van der Waals surface area contributed by atoms with Gasteiger partial charge in [0, 0.05) is 26.2 Å². The third-order valence-electron chi connectivity index (χ3n) is 4.96. The van der Waals surface area contributed by atoms with Gasteiger partial charge in [0.2, 0.25) is 10.0 Å². The van der Waals surface area contributed by atoms with E-state index in [0.717, 1.165) is 5.56 Å². The molecule has 2 aromatic rings. The molecule has 0 radical (unpaired) electrons. The van der Waals surface area contributed by atoms with Crippen LogP contribution in [-0.2, 0) is 16.6 Å². The van der Waals surface area contributed by atoms with Crippen molar-refractivity contribution >= 4 is 27.3 Å². The minimum Gasteiger partial charge on any atom is -0.369 e. The third kappa shape index (κ3) is 4.51. The number of nitrogens with zero attached hydrogens (tertiary/aromatic N) is 4. The van der Waals surface area contributed by atoms with Crippen LogP contribution in [0.25, 0.3) is 0 Å². The molecule has 0 saturated carbocycles. The number of anilines is 1. The first kappa shape index (κ1) is 19.9. The van der Waals surface area contributed by atoms with E-state index in [0.29, 0.717) is 38.2 Å². The second kappa shape index (κ2) is 8.00. The van der Waals surface area contributed by atoms with Gasteiger partial charge in [0.15, 0.2) is 0 Å². The predicted molar refractivity (Wildman–Crippen MR) is 107 cm³/mol. The largest absolute Gasteiger partial charge is 0.369 e. The van der Waals surface area contributed by atoms with E-state index >= 15 is 0 Å². The lowest BCUT2D eigenvalue weighted by Gasteiger charge is -2.36. The minimum atomic E-state index is -3.17. The lowest BCUT2D eigenvalue weighted by atomic mass is 10.1. The molecule has 1 aliphatic rings. The van der Waals surface area contributed by atoms with Crippen molar-refractivity contribution in [2.75, 3.05) is 31.3 Å². The predicted octanol–water partition coefficient (Wildman–Crippen LogP) is 1.81. The summed E-state index contributed by atoms with van der Waals surface area (Å²) in [6.07, 6.45) is 4.18. The lowest BCUT2D eigenvalue weighted by molar-refractivity contribution is 0.316. The van der Waals surface area contributed by atoms with E-state index in [2.05, 4.69) is 5.10 Å². The molecule has 0 aliphatic carbocycles. The molecule has 0 bridgehead atoms. The molecule has 0 amide bonds. The van der Waals surface area contributed by atoms with Crippen LogP contribution in [0.2, 0.25) is 5.02 Å². The molecule has 1 saturated heterocycles. The van der Waals surface area contributed by atoms with Crippen LogP contribution in [-0.4, -0.2) is 54.9 Å². The molecule has 2 heterocycles.